The maximum atomic E-state index is 11.0. The molecular formula is C11H16BrN3O3Si. The number of amides is 1. The summed E-state index contributed by atoms with van der Waals surface area (Å²) in [6.45, 7) is 6.77. The van der Waals surface area contributed by atoms with Gasteiger partial charge in [-0.3, -0.25) is 0 Å². The molecule has 0 bridgehead atoms. The van der Waals surface area contributed by atoms with Crippen LogP contribution in [0.25, 0.3) is 0 Å². The van der Waals surface area contributed by atoms with E-state index in [1.165, 1.54) is 4.90 Å². The molecule has 8 heteroatoms. The third-order valence-corrected chi connectivity index (χ3v) is 4.11. The van der Waals surface area contributed by atoms with Gasteiger partial charge in [-0.2, -0.15) is 0 Å². The topological polar surface area (TPSA) is 75.6 Å². The van der Waals surface area contributed by atoms with Gasteiger partial charge in [0.2, 0.25) is 0 Å². The zero-order valence-electron chi connectivity index (χ0n) is 11.1. The van der Waals surface area contributed by atoms with Crippen LogP contribution >= 0.6 is 15.9 Å². The van der Waals surface area contributed by atoms with Crippen LogP contribution in [0.5, 0.6) is 0 Å². The fourth-order valence-electron chi connectivity index (χ4n) is 2.09. The van der Waals surface area contributed by atoms with Crippen LogP contribution in [0, 0.1) is 0 Å². The number of carbonyl (C=O) groups is 1. The first kappa shape index (κ1) is 14.4. The van der Waals surface area contributed by atoms with Gasteiger partial charge in [-0.25, -0.2) is 14.8 Å². The lowest BCUT2D eigenvalue weighted by molar-refractivity contribution is -0.0813. The molecule has 104 valence electrons. The second-order valence-electron chi connectivity index (χ2n) is 5.57. The average Bonchev–Trinajstić information content (AvgIpc) is 2.22. The van der Waals surface area contributed by atoms with Crippen LogP contribution in [0.2, 0.25) is 19.6 Å². The zero-order chi connectivity index (χ0) is 14.3. The summed E-state index contributed by atoms with van der Waals surface area (Å²) >= 11 is 3.29. The zero-order valence-corrected chi connectivity index (χ0v) is 13.6. The fraction of sp³-hybridized carbons (Fsp3) is 0.545. The molecule has 0 aromatic carbocycles. The molecule has 0 radical (unpaired) electrons. The molecule has 1 fully saturated rings. The molecule has 0 aliphatic carbocycles. The van der Waals surface area contributed by atoms with Crippen molar-refractivity contribution in [2.75, 3.05) is 13.1 Å². The quantitative estimate of drug-likeness (QED) is 0.850. The molecular weight excluding hydrogens is 330 g/mol. The Labute approximate surface area is 121 Å². The monoisotopic (exact) mass is 345 g/mol. The highest BCUT2D eigenvalue weighted by Gasteiger charge is 2.52. The first-order valence-corrected chi connectivity index (χ1v) is 10.1. The van der Waals surface area contributed by atoms with Gasteiger partial charge in [0, 0.05) is 12.4 Å². The smallest absolute Gasteiger partial charge is 0.407 e. The van der Waals surface area contributed by atoms with Gasteiger partial charge in [0.25, 0.3) is 0 Å². The molecule has 1 aliphatic rings. The molecule has 2 rings (SSSR count). The third kappa shape index (κ3) is 3.13. The van der Waals surface area contributed by atoms with E-state index in [1.807, 2.05) is 0 Å². The van der Waals surface area contributed by atoms with Gasteiger partial charge in [0.1, 0.15) is 0 Å². The van der Waals surface area contributed by atoms with Crippen molar-refractivity contribution in [1.29, 1.82) is 0 Å². The number of nitrogens with zero attached hydrogens (tertiary/aromatic N) is 3. The molecule has 0 atom stereocenters. The van der Waals surface area contributed by atoms with E-state index in [2.05, 4.69) is 45.5 Å². The Bertz CT molecular complexity index is 483. The van der Waals surface area contributed by atoms with E-state index in [1.54, 1.807) is 12.4 Å². The van der Waals surface area contributed by atoms with E-state index in [4.69, 9.17) is 9.53 Å². The predicted octanol–water partition coefficient (Wildman–Crippen LogP) is 2.28. The lowest BCUT2D eigenvalue weighted by Crippen LogP contribution is -2.65. The number of carboxylic acid groups (broad SMARTS) is 1. The van der Waals surface area contributed by atoms with Crippen molar-refractivity contribution < 1.29 is 14.3 Å². The molecule has 1 amide bonds. The Hall–Kier alpha value is -0.993. The molecule has 2 heterocycles. The number of hydrogen-bond donors (Lipinski definition) is 1. The van der Waals surface area contributed by atoms with Crippen LogP contribution in [-0.2, 0) is 10.0 Å². The minimum absolute atomic E-state index is 0.286. The summed E-state index contributed by atoms with van der Waals surface area (Å²) < 4.78 is 6.95. The largest absolute Gasteiger partial charge is 0.465 e. The Kier molecular flexibility index (Phi) is 3.67. The maximum absolute atomic E-state index is 11.0. The highest BCUT2D eigenvalue weighted by atomic mass is 79.9. The van der Waals surface area contributed by atoms with Gasteiger partial charge in [-0.05, 0) is 35.6 Å². The summed E-state index contributed by atoms with van der Waals surface area (Å²) in [5, 5.41) is 8.99. The van der Waals surface area contributed by atoms with Crippen molar-refractivity contribution in [3.63, 3.8) is 0 Å². The van der Waals surface area contributed by atoms with Crippen LogP contribution in [0.4, 0.5) is 4.79 Å². The van der Waals surface area contributed by atoms with E-state index in [0.29, 0.717) is 5.82 Å². The standard InChI is InChI=1S/C11H16BrN3O3Si/c1-19(2,3)18-11(6-15(7-11)10(16)17)9-13-4-8(12)5-14-9/h4-5H,6-7H2,1-3H3,(H,16,17). The highest BCUT2D eigenvalue weighted by molar-refractivity contribution is 9.10. The van der Waals surface area contributed by atoms with Crippen molar-refractivity contribution in [2.24, 2.45) is 0 Å². The fourth-order valence-corrected chi connectivity index (χ4v) is 3.69. The van der Waals surface area contributed by atoms with Gasteiger partial charge >= 0.3 is 6.09 Å². The predicted molar refractivity (Wildman–Crippen MR) is 75.4 cm³/mol. The maximum Gasteiger partial charge on any atom is 0.407 e. The second-order valence-corrected chi connectivity index (χ2v) is 10.9. The van der Waals surface area contributed by atoms with E-state index in [0.717, 1.165) is 4.47 Å². The normalized spacial score (nSPS) is 18.0. The van der Waals surface area contributed by atoms with Crippen molar-refractivity contribution in [3.05, 3.63) is 22.7 Å². The van der Waals surface area contributed by atoms with E-state index in [-0.39, 0.29) is 13.1 Å². The van der Waals surface area contributed by atoms with E-state index in [9.17, 15) is 4.79 Å². The van der Waals surface area contributed by atoms with E-state index >= 15 is 0 Å². The number of halogens is 1. The molecule has 1 aromatic rings. The summed E-state index contributed by atoms with van der Waals surface area (Å²) in [7, 11) is -1.83. The number of likely N-dealkylation sites (tertiary alicyclic amines) is 1. The molecule has 19 heavy (non-hydrogen) atoms. The molecule has 1 aliphatic heterocycles. The van der Waals surface area contributed by atoms with Gasteiger partial charge < -0.3 is 14.4 Å². The Balaban J connectivity index is 2.26. The van der Waals surface area contributed by atoms with Gasteiger partial charge in [-0.15, -0.1) is 0 Å². The van der Waals surface area contributed by atoms with Crippen LogP contribution in [-0.4, -0.2) is 47.5 Å². The Morgan fingerprint density at radius 3 is 2.37 bits per heavy atom. The number of rotatable bonds is 3. The molecule has 6 nitrogen and oxygen atoms in total. The van der Waals surface area contributed by atoms with E-state index < -0.39 is 20.0 Å². The first-order valence-electron chi connectivity index (χ1n) is 5.88. The average molecular weight is 346 g/mol. The molecule has 1 saturated heterocycles. The lowest BCUT2D eigenvalue weighted by atomic mass is 9.94. The van der Waals surface area contributed by atoms with Crippen molar-refractivity contribution in [1.82, 2.24) is 14.9 Å². The highest BCUT2D eigenvalue weighted by Crippen LogP contribution is 2.36. The number of aromatic nitrogens is 2. The minimum Gasteiger partial charge on any atom is -0.465 e. The summed E-state index contributed by atoms with van der Waals surface area (Å²) in [4.78, 5) is 20.8. The van der Waals surface area contributed by atoms with Crippen LogP contribution < -0.4 is 0 Å². The van der Waals surface area contributed by atoms with Crippen LogP contribution in [0.15, 0.2) is 16.9 Å². The SMILES string of the molecule is C[Si](C)(C)OC1(c2ncc(Br)cn2)CN(C(=O)O)C1. The summed E-state index contributed by atoms with van der Waals surface area (Å²) in [6, 6.07) is 0. The molecule has 0 spiro atoms. The Morgan fingerprint density at radius 1 is 1.42 bits per heavy atom. The van der Waals surface area contributed by atoms with Crippen molar-refractivity contribution >= 4 is 30.3 Å². The molecule has 1 N–H and O–H groups in total. The Morgan fingerprint density at radius 2 is 1.95 bits per heavy atom. The summed E-state index contributed by atoms with van der Waals surface area (Å²) in [6.07, 6.45) is 2.37. The lowest BCUT2D eigenvalue weighted by Gasteiger charge is -2.49. The van der Waals surface area contributed by atoms with Gasteiger partial charge in [-0.1, -0.05) is 0 Å². The molecule has 0 saturated carbocycles. The van der Waals surface area contributed by atoms with Gasteiger partial charge in [0.15, 0.2) is 19.7 Å². The van der Waals surface area contributed by atoms with Crippen LogP contribution in [0.3, 0.4) is 0 Å². The molecule has 1 aromatic heterocycles. The summed E-state index contributed by atoms with van der Waals surface area (Å²) in [5.74, 6) is 0.552. The van der Waals surface area contributed by atoms with Crippen LogP contribution in [0.1, 0.15) is 5.82 Å². The second kappa shape index (κ2) is 4.84. The van der Waals surface area contributed by atoms with Crippen molar-refractivity contribution in [3.8, 4) is 0 Å². The minimum atomic E-state index is -1.83. The number of hydrogen-bond acceptors (Lipinski definition) is 4. The third-order valence-electron chi connectivity index (χ3n) is 2.69. The summed E-state index contributed by atoms with van der Waals surface area (Å²) in [5.41, 5.74) is -0.691. The van der Waals surface area contributed by atoms with Crippen molar-refractivity contribution in [2.45, 2.75) is 25.2 Å². The first-order chi connectivity index (χ1) is 8.72. The van der Waals surface area contributed by atoms with Gasteiger partial charge in [0.05, 0.1) is 17.6 Å². The molecule has 0 unspecified atom stereocenters.